The Labute approximate surface area is 156 Å². The van der Waals surface area contributed by atoms with Gasteiger partial charge in [0.15, 0.2) is 10.9 Å². The van der Waals surface area contributed by atoms with Crippen LogP contribution in [0.25, 0.3) is 5.69 Å². The molecule has 0 unspecified atom stereocenters. The first-order valence-electron chi connectivity index (χ1n) is 7.85. The van der Waals surface area contributed by atoms with E-state index in [1.54, 1.807) is 6.33 Å². The molecule has 0 spiro atoms. The van der Waals surface area contributed by atoms with E-state index in [1.807, 2.05) is 48.7 Å². The largest absolute Gasteiger partial charge is 0.293 e. The Bertz CT molecular complexity index is 936. The van der Waals surface area contributed by atoms with Crippen LogP contribution in [0.1, 0.15) is 27.0 Å². The first-order valence-corrected chi connectivity index (χ1v) is 9.22. The van der Waals surface area contributed by atoms with Gasteiger partial charge >= 0.3 is 0 Å². The van der Waals surface area contributed by atoms with E-state index in [0.717, 1.165) is 22.4 Å². The summed E-state index contributed by atoms with van der Waals surface area (Å²) in [5.41, 5.74) is 4.97. The van der Waals surface area contributed by atoms with Crippen molar-refractivity contribution in [2.24, 2.45) is 0 Å². The van der Waals surface area contributed by atoms with E-state index in [0.29, 0.717) is 15.9 Å². The van der Waals surface area contributed by atoms with E-state index in [1.165, 1.54) is 17.3 Å². The van der Waals surface area contributed by atoms with Gasteiger partial charge in [-0.3, -0.25) is 9.36 Å². The maximum Gasteiger partial charge on any atom is 0.196 e. The second-order valence-electron chi connectivity index (χ2n) is 5.93. The summed E-state index contributed by atoms with van der Waals surface area (Å²) in [6, 6.07) is 11.5. The van der Waals surface area contributed by atoms with Crippen molar-refractivity contribution < 1.29 is 4.79 Å². The Balaban J connectivity index is 1.78. The monoisotopic (exact) mass is 371 g/mol. The molecular formula is C19H18ClN3OS. The molecule has 4 nitrogen and oxygen atoms in total. The highest BCUT2D eigenvalue weighted by Gasteiger charge is 2.14. The molecule has 0 radical (unpaired) electrons. The van der Waals surface area contributed by atoms with Crippen molar-refractivity contribution in [2.75, 3.05) is 5.75 Å². The molecule has 128 valence electrons. The minimum absolute atomic E-state index is 0.0891. The number of halogens is 1. The van der Waals surface area contributed by atoms with Crippen LogP contribution in [0.3, 0.4) is 0 Å². The molecule has 0 aliphatic heterocycles. The Hall–Kier alpha value is -2.11. The molecule has 1 aromatic heterocycles. The van der Waals surface area contributed by atoms with Gasteiger partial charge in [0.2, 0.25) is 0 Å². The molecule has 0 saturated heterocycles. The Kier molecular flexibility index (Phi) is 5.25. The molecule has 6 heteroatoms. The summed E-state index contributed by atoms with van der Waals surface area (Å²) in [4.78, 5) is 12.6. The zero-order valence-electron chi connectivity index (χ0n) is 14.3. The highest BCUT2D eigenvalue weighted by Crippen LogP contribution is 2.24. The summed E-state index contributed by atoms with van der Waals surface area (Å²) in [6.45, 7) is 6.05. The predicted molar refractivity (Wildman–Crippen MR) is 102 cm³/mol. The number of ketones is 1. The topological polar surface area (TPSA) is 47.8 Å². The minimum atomic E-state index is 0.0891. The second-order valence-corrected chi connectivity index (χ2v) is 7.31. The maximum absolute atomic E-state index is 12.6. The molecule has 0 saturated carbocycles. The molecule has 3 rings (SSSR count). The van der Waals surface area contributed by atoms with Crippen molar-refractivity contribution in [3.05, 3.63) is 70.0 Å². The van der Waals surface area contributed by atoms with Gasteiger partial charge in [-0.15, -0.1) is 10.2 Å². The SMILES string of the molecule is Cc1cc(C)c(C(=O)CSc2nncn2-c2cccc(Cl)c2)cc1C. The number of hydrogen-bond donors (Lipinski definition) is 0. The summed E-state index contributed by atoms with van der Waals surface area (Å²) in [6.07, 6.45) is 1.62. The Morgan fingerprint density at radius 3 is 2.64 bits per heavy atom. The van der Waals surface area contributed by atoms with Crippen molar-refractivity contribution >= 4 is 29.1 Å². The van der Waals surface area contributed by atoms with Gasteiger partial charge in [-0.05, 0) is 61.7 Å². The van der Waals surface area contributed by atoms with Crippen molar-refractivity contribution in [3.8, 4) is 5.69 Å². The number of thioether (sulfide) groups is 1. The number of carbonyl (C=O) groups is 1. The van der Waals surface area contributed by atoms with Crippen LogP contribution in [0.4, 0.5) is 0 Å². The number of aromatic nitrogens is 3. The van der Waals surface area contributed by atoms with Gasteiger partial charge in [0.25, 0.3) is 0 Å². The normalized spacial score (nSPS) is 10.9. The number of carbonyl (C=O) groups excluding carboxylic acids is 1. The molecule has 3 aromatic rings. The number of aryl methyl sites for hydroxylation is 3. The standard InChI is InChI=1S/C19H18ClN3OS/c1-12-7-14(3)17(8-13(12)2)18(24)10-25-19-22-21-11-23(19)16-6-4-5-15(20)9-16/h4-9,11H,10H2,1-3H3. The van der Waals surface area contributed by atoms with E-state index in [9.17, 15) is 4.79 Å². The van der Waals surface area contributed by atoms with Crippen LogP contribution in [0.5, 0.6) is 0 Å². The Morgan fingerprint density at radius 2 is 1.88 bits per heavy atom. The van der Waals surface area contributed by atoms with Crippen LogP contribution >= 0.6 is 23.4 Å². The number of Topliss-reactive ketones (excluding diaryl/α,β-unsaturated/α-hetero) is 1. The number of nitrogens with zero attached hydrogens (tertiary/aromatic N) is 3. The third kappa shape index (κ3) is 3.94. The van der Waals surface area contributed by atoms with Gasteiger partial charge in [-0.2, -0.15) is 0 Å². The molecule has 0 fully saturated rings. The highest BCUT2D eigenvalue weighted by molar-refractivity contribution is 7.99. The summed E-state index contributed by atoms with van der Waals surface area (Å²) < 4.78 is 1.83. The molecule has 25 heavy (non-hydrogen) atoms. The zero-order chi connectivity index (χ0) is 18.0. The van der Waals surface area contributed by atoms with E-state index in [4.69, 9.17) is 11.6 Å². The molecule has 0 aliphatic carbocycles. The van der Waals surface area contributed by atoms with Crippen LogP contribution in [0.15, 0.2) is 47.9 Å². The number of rotatable bonds is 5. The van der Waals surface area contributed by atoms with Crippen molar-refractivity contribution in [1.82, 2.24) is 14.8 Å². The minimum Gasteiger partial charge on any atom is -0.293 e. The molecule has 0 amide bonds. The third-order valence-corrected chi connectivity index (χ3v) is 5.25. The van der Waals surface area contributed by atoms with Crippen LogP contribution in [-0.2, 0) is 0 Å². The lowest BCUT2D eigenvalue weighted by Crippen LogP contribution is -2.07. The lowest BCUT2D eigenvalue weighted by Gasteiger charge is -2.09. The number of benzene rings is 2. The second kappa shape index (κ2) is 7.42. The van der Waals surface area contributed by atoms with Gasteiger partial charge in [-0.25, -0.2) is 0 Å². The van der Waals surface area contributed by atoms with E-state index < -0.39 is 0 Å². The molecule has 0 aliphatic rings. The van der Waals surface area contributed by atoms with Crippen LogP contribution in [0.2, 0.25) is 5.02 Å². The fraction of sp³-hybridized carbons (Fsp3) is 0.211. The smallest absolute Gasteiger partial charge is 0.196 e. The van der Waals surface area contributed by atoms with Crippen LogP contribution < -0.4 is 0 Å². The molecule has 0 bridgehead atoms. The number of hydrogen-bond acceptors (Lipinski definition) is 4. The first-order chi connectivity index (χ1) is 12.0. The zero-order valence-corrected chi connectivity index (χ0v) is 15.9. The first kappa shape index (κ1) is 17.7. The van der Waals surface area contributed by atoms with Crippen molar-refractivity contribution in [3.63, 3.8) is 0 Å². The van der Waals surface area contributed by atoms with Gasteiger partial charge in [0.1, 0.15) is 6.33 Å². The van der Waals surface area contributed by atoms with E-state index in [-0.39, 0.29) is 5.78 Å². The average Bonchev–Trinajstić information content (AvgIpc) is 3.04. The fourth-order valence-corrected chi connectivity index (χ4v) is 3.59. The molecular weight excluding hydrogens is 354 g/mol. The van der Waals surface area contributed by atoms with Gasteiger partial charge in [0.05, 0.1) is 11.4 Å². The average molecular weight is 372 g/mol. The summed E-state index contributed by atoms with van der Waals surface area (Å²) in [5.74, 6) is 0.397. The molecule has 0 N–H and O–H groups in total. The lowest BCUT2D eigenvalue weighted by atomic mass is 9.99. The fourth-order valence-electron chi connectivity index (χ4n) is 2.59. The summed E-state index contributed by atoms with van der Waals surface area (Å²) >= 11 is 7.42. The lowest BCUT2D eigenvalue weighted by molar-refractivity contribution is 0.102. The van der Waals surface area contributed by atoms with Gasteiger partial charge in [-0.1, -0.05) is 35.5 Å². The molecule has 2 aromatic carbocycles. The predicted octanol–water partition coefficient (Wildman–Crippen LogP) is 4.82. The van der Waals surface area contributed by atoms with Crippen LogP contribution in [-0.4, -0.2) is 26.3 Å². The maximum atomic E-state index is 12.6. The Morgan fingerprint density at radius 1 is 1.12 bits per heavy atom. The van der Waals surface area contributed by atoms with Crippen LogP contribution in [0, 0.1) is 20.8 Å². The van der Waals surface area contributed by atoms with E-state index in [2.05, 4.69) is 23.2 Å². The van der Waals surface area contributed by atoms with Crippen molar-refractivity contribution in [1.29, 1.82) is 0 Å². The van der Waals surface area contributed by atoms with E-state index >= 15 is 0 Å². The summed E-state index contributed by atoms with van der Waals surface area (Å²) in [5, 5.41) is 9.39. The quantitative estimate of drug-likeness (QED) is 0.476. The molecule has 1 heterocycles. The summed E-state index contributed by atoms with van der Waals surface area (Å²) in [7, 11) is 0. The van der Waals surface area contributed by atoms with Gasteiger partial charge < -0.3 is 0 Å². The van der Waals surface area contributed by atoms with Crippen molar-refractivity contribution in [2.45, 2.75) is 25.9 Å². The highest BCUT2D eigenvalue weighted by atomic mass is 35.5. The van der Waals surface area contributed by atoms with Gasteiger partial charge in [0, 0.05) is 10.6 Å². The third-order valence-electron chi connectivity index (χ3n) is 4.08. The molecule has 0 atom stereocenters.